The van der Waals surface area contributed by atoms with E-state index in [2.05, 4.69) is 55.1 Å². The topological polar surface area (TPSA) is 26.3 Å². The first kappa shape index (κ1) is 28.3. The maximum absolute atomic E-state index is 12.2. The summed E-state index contributed by atoms with van der Waals surface area (Å²) in [6.45, 7) is 7.55. The summed E-state index contributed by atoms with van der Waals surface area (Å²) in [5.41, 5.74) is 6.69. The lowest BCUT2D eigenvalue weighted by Crippen LogP contribution is -1.96. The van der Waals surface area contributed by atoms with Gasteiger partial charge in [-0.2, -0.15) is 0 Å². The van der Waals surface area contributed by atoms with Crippen LogP contribution in [0.15, 0.2) is 91.5 Å². The highest BCUT2D eigenvalue weighted by Crippen LogP contribution is 2.15. The highest BCUT2D eigenvalue weighted by atomic mass is 16.5. The van der Waals surface area contributed by atoms with Crippen molar-refractivity contribution >= 4 is 17.4 Å². The van der Waals surface area contributed by atoms with E-state index in [9.17, 15) is 4.79 Å². The third-order valence-electron chi connectivity index (χ3n) is 6.68. The van der Waals surface area contributed by atoms with Crippen LogP contribution in [-0.4, -0.2) is 12.4 Å². The van der Waals surface area contributed by atoms with Crippen LogP contribution >= 0.6 is 0 Å². The second-order valence-electron chi connectivity index (χ2n) is 9.91. The third-order valence-corrected chi connectivity index (χ3v) is 6.68. The van der Waals surface area contributed by atoms with E-state index < -0.39 is 0 Å². The van der Waals surface area contributed by atoms with E-state index in [1.807, 2.05) is 43.3 Å². The number of hydrogen-bond donors (Lipinski definition) is 0. The molecule has 0 atom stereocenters. The molecule has 3 aromatic rings. The Balaban J connectivity index is 1.16. The van der Waals surface area contributed by atoms with Crippen molar-refractivity contribution in [3.8, 4) is 0 Å². The van der Waals surface area contributed by atoms with Gasteiger partial charge in [-0.25, -0.2) is 0 Å². The molecule has 3 rings (SSSR count). The fourth-order valence-corrected chi connectivity index (χ4v) is 4.34. The molecule has 0 aliphatic rings. The summed E-state index contributed by atoms with van der Waals surface area (Å²) in [4.78, 5) is 12.2. The molecule has 2 nitrogen and oxygen atoms in total. The number of ether oxygens (including phenoxy) is 1. The Kier molecular flexibility index (Phi) is 12.6. The Morgan fingerprint density at radius 3 is 1.95 bits per heavy atom. The van der Waals surface area contributed by atoms with Crippen molar-refractivity contribution in [2.75, 3.05) is 6.61 Å². The normalized spacial score (nSPS) is 11.2. The average Bonchev–Trinajstić information content (AvgIpc) is 2.93. The van der Waals surface area contributed by atoms with Crippen molar-refractivity contribution in [2.45, 2.75) is 71.3 Å². The summed E-state index contributed by atoms with van der Waals surface area (Å²) >= 11 is 0. The molecule has 0 amide bonds. The van der Waals surface area contributed by atoms with Gasteiger partial charge in [-0.05, 0) is 54.5 Å². The third kappa shape index (κ3) is 11.1. The van der Waals surface area contributed by atoms with Crippen molar-refractivity contribution in [3.05, 3.63) is 119 Å². The van der Waals surface area contributed by atoms with Crippen molar-refractivity contribution in [1.82, 2.24) is 0 Å². The predicted molar refractivity (Wildman–Crippen MR) is 158 cm³/mol. The monoisotopic (exact) mass is 494 g/mol. The lowest BCUT2D eigenvalue weighted by atomic mass is 10.0. The molecule has 0 aliphatic heterocycles. The van der Waals surface area contributed by atoms with Crippen LogP contribution in [0.25, 0.3) is 11.6 Å². The Morgan fingerprint density at radius 1 is 0.703 bits per heavy atom. The molecule has 0 radical (unpaired) electrons. The zero-order chi connectivity index (χ0) is 26.1. The van der Waals surface area contributed by atoms with E-state index in [1.54, 1.807) is 6.08 Å². The van der Waals surface area contributed by atoms with Gasteiger partial charge in [-0.3, -0.25) is 4.79 Å². The number of benzene rings is 3. The first-order valence-corrected chi connectivity index (χ1v) is 13.8. The zero-order valence-electron chi connectivity index (χ0n) is 22.5. The van der Waals surface area contributed by atoms with Gasteiger partial charge in [-0.15, -0.1) is 0 Å². The van der Waals surface area contributed by atoms with Gasteiger partial charge >= 0.3 is 0 Å². The summed E-state index contributed by atoms with van der Waals surface area (Å²) in [5, 5.41) is 0. The summed E-state index contributed by atoms with van der Waals surface area (Å²) < 4.78 is 5.83. The largest absolute Gasteiger partial charge is 0.377 e. The van der Waals surface area contributed by atoms with Crippen molar-refractivity contribution < 1.29 is 9.53 Å². The van der Waals surface area contributed by atoms with Crippen LogP contribution in [0, 0.1) is 0 Å². The fourth-order valence-electron chi connectivity index (χ4n) is 4.34. The lowest BCUT2D eigenvalue weighted by molar-refractivity contribution is 0.104. The number of carbonyl (C=O) groups is 1. The molecule has 0 aromatic heterocycles. The van der Waals surface area contributed by atoms with Crippen molar-refractivity contribution in [1.29, 1.82) is 0 Å². The van der Waals surface area contributed by atoms with Gasteiger partial charge in [-0.1, -0.05) is 136 Å². The average molecular weight is 495 g/mol. The van der Waals surface area contributed by atoms with E-state index in [0.717, 1.165) is 36.1 Å². The van der Waals surface area contributed by atoms with Gasteiger partial charge in [0.15, 0.2) is 5.78 Å². The predicted octanol–water partition coefficient (Wildman–Crippen LogP) is 9.50. The molecule has 0 saturated carbocycles. The van der Waals surface area contributed by atoms with Crippen LogP contribution in [-0.2, 0) is 17.8 Å². The second kappa shape index (κ2) is 16.5. The minimum atomic E-state index is 0.0406. The van der Waals surface area contributed by atoms with Crippen LogP contribution in [0.2, 0.25) is 0 Å². The maximum atomic E-state index is 12.2. The number of rotatable bonds is 17. The molecule has 0 aliphatic carbocycles. The molecule has 0 N–H and O–H groups in total. The highest BCUT2D eigenvalue weighted by Gasteiger charge is 2.00. The first-order chi connectivity index (χ1) is 18.1. The Labute approximate surface area is 224 Å². The smallest absolute Gasteiger partial charge is 0.185 e. The Morgan fingerprint density at radius 2 is 1.30 bits per heavy atom. The minimum absolute atomic E-state index is 0.0406. The van der Waals surface area contributed by atoms with Crippen LogP contribution in [0.5, 0.6) is 0 Å². The van der Waals surface area contributed by atoms with Crippen LogP contribution < -0.4 is 0 Å². The number of allylic oxidation sites excluding steroid dienone is 2. The van der Waals surface area contributed by atoms with E-state index in [1.165, 1.54) is 61.6 Å². The van der Waals surface area contributed by atoms with Crippen molar-refractivity contribution in [2.24, 2.45) is 0 Å². The lowest BCUT2D eigenvalue weighted by Gasteiger charge is -2.06. The number of hydrogen-bond acceptors (Lipinski definition) is 2. The van der Waals surface area contributed by atoms with E-state index in [0.29, 0.717) is 6.61 Å². The van der Waals surface area contributed by atoms with Gasteiger partial charge in [0, 0.05) is 12.2 Å². The standard InChI is InChI=1S/C35H42O2/c1-29(2)33-24-21-32(22-25-33)28-37-27-13-8-6-4-3-5-7-10-14-30-17-19-31(20-18-30)23-26-35(36)34-15-11-9-12-16-34/h9,11-12,15-26H,1,3-8,10,13-14,27-28H2,2H3. The fraction of sp³-hybridized carbons (Fsp3) is 0.343. The molecular formula is C35H42O2. The number of unbranched alkanes of at least 4 members (excludes halogenated alkanes) is 7. The van der Waals surface area contributed by atoms with Gasteiger partial charge in [0.1, 0.15) is 0 Å². The molecule has 0 bridgehead atoms. The minimum Gasteiger partial charge on any atom is -0.377 e. The second-order valence-corrected chi connectivity index (χ2v) is 9.91. The number of carbonyl (C=O) groups excluding carboxylic acids is 1. The molecule has 0 spiro atoms. The molecule has 2 heteroatoms. The zero-order valence-corrected chi connectivity index (χ0v) is 22.5. The molecule has 3 aromatic carbocycles. The first-order valence-electron chi connectivity index (χ1n) is 13.8. The van der Waals surface area contributed by atoms with Crippen LogP contribution in [0.1, 0.15) is 90.9 Å². The van der Waals surface area contributed by atoms with E-state index in [4.69, 9.17) is 4.74 Å². The van der Waals surface area contributed by atoms with Crippen molar-refractivity contribution in [3.63, 3.8) is 0 Å². The number of ketones is 1. The SMILES string of the molecule is C=C(C)c1ccc(COCCCCCCCCCCc2ccc(C=CC(=O)c3ccccc3)cc2)cc1. The highest BCUT2D eigenvalue weighted by molar-refractivity contribution is 6.06. The van der Waals surface area contributed by atoms with Gasteiger partial charge in [0.05, 0.1) is 6.61 Å². The Hall–Kier alpha value is -3.23. The van der Waals surface area contributed by atoms with Gasteiger partial charge < -0.3 is 4.74 Å². The maximum Gasteiger partial charge on any atom is 0.185 e. The van der Waals surface area contributed by atoms with Gasteiger partial charge in [0.25, 0.3) is 0 Å². The van der Waals surface area contributed by atoms with Crippen LogP contribution in [0.4, 0.5) is 0 Å². The van der Waals surface area contributed by atoms with E-state index in [-0.39, 0.29) is 5.78 Å². The van der Waals surface area contributed by atoms with E-state index >= 15 is 0 Å². The summed E-state index contributed by atoms with van der Waals surface area (Å²) in [7, 11) is 0. The summed E-state index contributed by atoms with van der Waals surface area (Å²) in [5.74, 6) is 0.0406. The van der Waals surface area contributed by atoms with Crippen LogP contribution in [0.3, 0.4) is 0 Å². The molecule has 37 heavy (non-hydrogen) atoms. The molecule has 0 saturated heterocycles. The quantitative estimate of drug-likeness (QED) is 0.106. The molecule has 194 valence electrons. The van der Waals surface area contributed by atoms with Gasteiger partial charge in [0.2, 0.25) is 0 Å². The molecular weight excluding hydrogens is 452 g/mol. The molecule has 0 fully saturated rings. The molecule has 0 unspecified atom stereocenters. The number of aryl methyl sites for hydroxylation is 1. The summed E-state index contributed by atoms with van der Waals surface area (Å²) in [6, 6.07) is 26.5. The molecule has 0 heterocycles. The Bertz CT molecular complexity index is 1090. The summed E-state index contributed by atoms with van der Waals surface area (Å²) in [6.07, 6.45) is 14.9.